The lowest BCUT2D eigenvalue weighted by molar-refractivity contribution is -0.209. The number of carbonyl (C=O) groups excluding carboxylic acids is 1. The predicted octanol–water partition coefficient (Wildman–Crippen LogP) is 1.61. The molecule has 2 rings (SSSR count). The Hall–Kier alpha value is -1.54. The molecule has 0 aliphatic carbocycles. The molecular weight excluding hydrogens is 256 g/mol. The first-order valence-electron chi connectivity index (χ1n) is 5.42. The van der Waals surface area contributed by atoms with E-state index in [1.807, 2.05) is 0 Å². The van der Waals surface area contributed by atoms with Crippen LogP contribution in [0.4, 0.5) is 0 Å². The molecule has 1 aliphatic heterocycles. The van der Waals surface area contributed by atoms with Crippen LogP contribution in [0.1, 0.15) is 5.56 Å². The van der Waals surface area contributed by atoms with Crippen LogP contribution in [0.3, 0.4) is 0 Å². The number of hydrogen-bond acceptors (Lipinski definition) is 4. The number of esters is 1. The maximum atomic E-state index is 11.4. The van der Waals surface area contributed by atoms with E-state index in [1.165, 1.54) is 0 Å². The molecule has 0 amide bonds. The summed E-state index contributed by atoms with van der Waals surface area (Å²) in [6.45, 7) is 1.16. The van der Waals surface area contributed by atoms with Crippen LogP contribution in [0.5, 0.6) is 0 Å². The summed E-state index contributed by atoms with van der Waals surface area (Å²) in [7, 11) is 0. The van der Waals surface area contributed by atoms with Crippen LogP contribution in [-0.2, 0) is 19.0 Å². The highest BCUT2D eigenvalue weighted by molar-refractivity contribution is 6.31. The number of carbonyl (C=O) groups is 1. The maximum Gasteiger partial charge on any atom is 0.387 e. The highest BCUT2D eigenvalue weighted by Crippen LogP contribution is 2.13. The topological polar surface area (TPSA) is 44.8 Å². The van der Waals surface area contributed by atoms with E-state index in [4.69, 9.17) is 25.8 Å². The monoisotopic (exact) mass is 266 g/mol. The van der Waals surface area contributed by atoms with Crippen molar-refractivity contribution < 1.29 is 19.0 Å². The van der Waals surface area contributed by atoms with Crippen LogP contribution in [0.15, 0.2) is 24.3 Å². The van der Waals surface area contributed by atoms with Crippen molar-refractivity contribution in [1.29, 1.82) is 0 Å². The Morgan fingerprint density at radius 3 is 2.94 bits per heavy atom. The van der Waals surface area contributed by atoms with Crippen molar-refractivity contribution in [2.45, 2.75) is 6.29 Å². The van der Waals surface area contributed by atoms with Gasteiger partial charge in [0.2, 0.25) is 6.29 Å². The first kappa shape index (κ1) is 12.9. The highest BCUT2D eigenvalue weighted by atomic mass is 35.5. The summed E-state index contributed by atoms with van der Waals surface area (Å²) in [5.41, 5.74) is 0.580. The Bertz CT molecular complexity index is 483. The summed E-state index contributed by atoms with van der Waals surface area (Å²) in [5.74, 6) is 4.34. The molecule has 5 heteroatoms. The van der Waals surface area contributed by atoms with E-state index in [1.54, 1.807) is 24.3 Å². The molecule has 1 saturated heterocycles. The summed E-state index contributed by atoms with van der Waals surface area (Å²) in [4.78, 5) is 11.4. The lowest BCUT2D eigenvalue weighted by atomic mass is 10.2. The molecule has 0 spiro atoms. The van der Waals surface area contributed by atoms with Crippen molar-refractivity contribution in [3.63, 3.8) is 0 Å². The second-order valence-electron chi connectivity index (χ2n) is 3.51. The van der Waals surface area contributed by atoms with Gasteiger partial charge in [-0.05, 0) is 12.1 Å². The van der Waals surface area contributed by atoms with E-state index < -0.39 is 12.3 Å². The third-order valence-electron chi connectivity index (χ3n) is 2.20. The van der Waals surface area contributed by atoms with Crippen LogP contribution in [0.2, 0.25) is 5.02 Å². The predicted molar refractivity (Wildman–Crippen MR) is 65.0 cm³/mol. The third-order valence-corrected chi connectivity index (χ3v) is 2.53. The molecule has 1 unspecified atom stereocenters. The lowest BCUT2D eigenvalue weighted by Crippen LogP contribution is -2.32. The van der Waals surface area contributed by atoms with Gasteiger partial charge in [0, 0.05) is 11.5 Å². The fourth-order valence-corrected chi connectivity index (χ4v) is 1.55. The highest BCUT2D eigenvalue weighted by Gasteiger charge is 2.17. The van der Waals surface area contributed by atoms with Gasteiger partial charge in [-0.3, -0.25) is 0 Å². The zero-order valence-electron chi connectivity index (χ0n) is 9.52. The normalized spacial score (nSPS) is 18.6. The number of benzene rings is 1. The van der Waals surface area contributed by atoms with Gasteiger partial charge in [0.1, 0.15) is 6.61 Å². The van der Waals surface area contributed by atoms with Crippen molar-refractivity contribution in [3.05, 3.63) is 34.9 Å². The van der Waals surface area contributed by atoms with Crippen LogP contribution in [-0.4, -0.2) is 32.1 Å². The van der Waals surface area contributed by atoms with Gasteiger partial charge in [0.05, 0.1) is 18.2 Å². The molecule has 1 atom stereocenters. The Kier molecular flexibility index (Phi) is 4.59. The van der Waals surface area contributed by atoms with E-state index in [0.29, 0.717) is 23.8 Å². The standard InChI is InChI=1S/C13H11ClO4/c14-11-4-2-1-3-10(11)5-6-12(15)18-13-9-16-7-8-17-13/h1-4,13H,7-9H2. The van der Waals surface area contributed by atoms with Gasteiger partial charge in [-0.2, -0.15) is 0 Å². The molecule has 0 aromatic heterocycles. The molecule has 0 N–H and O–H groups in total. The average molecular weight is 267 g/mol. The van der Waals surface area contributed by atoms with Crippen molar-refractivity contribution >= 4 is 17.6 Å². The number of ether oxygens (including phenoxy) is 3. The molecule has 1 aliphatic rings. The summed E-state index contributed by atoms with van der Waals surface area (Å²) in [6, 6.07) is 7.01. The van der Waals surface area contributed by atoms with Crippen molar-refractivity contribution in [3.8, 4) is 11.8 Å². The first-order valence-corrected chi connectivity index (χ1v) is 5.80. The fourth-order valence-electron chi connectivity index (χ4n) is 1.36. The summed E-state index contributed by atoms with van der Waals surface area (Å²) in [5, 5.41) is 0.495. The molecule has 0 bridgehead atoms. The molecule has 0 radical (unpaired) electrons. The van der Waals surface area contributed by atoms with Crippen molar-refractivity contribution in [2.75, 3.05) is 19.8 Å². The molecule has 1 fully saturated rings. The molecule has 1 aromatic carbocycles. The Morgan fingerprint density at radius 1 is 1.39 bits per heavy atom. The minimum atomic E-state index is -0.674. The van der Waals surface area contributed by atoms with E-state index >= 15 is 0 Å². The van der Waals surface area contributed by atoms with Gasteiger partial charge < -0.3 is 14.2 Å². The third kappa shape index (κ3) is 3.74. The average Bonchev–Trinajstić information content (AvgIpc) is 2.39. The largest absolute Gasteiger partial charge is 0.424 e. The van der Waals surface area contributed by atoms with Crippen LogP contribution < -0.4 is 0 Å². The SMILES string of the molecule is O=C(C#Cc1ccccc1Cl)OC1COCCO1. The minimum Gasteiger partial charge on any atom is -0.424 e. The smallest absolute Gasteiger partial charge is 0.387 e. The molecule has 1 aromatic rings. The van der Waals surface area contributed by atoms with E-state index in [9.17, 15) is 4.79 Å². The van der Waals surface area contributed by atoms with Crippen molar-refractivity contribution in [1.82, 2.24) is 0 Å². The molecule has 4 nitrogen and oxygen atoms in total. The quantitative estimate of drug-likeness (QED) is 0.572. The summed E-state index contributed by atoms with van der Waals surface area (Å²) in [6.07, 6.45) is -0.674. The number of rotatable bonds is 1. The fraction of sp³-hybridized carbons (Fsp3) is 0.308. The van der Waals surface area contributed by atoms with Crippen molar-refractivity contribution in [2.24, 2.45) is 0 Å². The second kappa shape index (κ2) is 6.41. The maximum absolute atomic E-state index is 11.4. The van der Waals surface area contributed by atoms with Gasteiger partial charge in [-0.15, -0.1) is 0 Å². The Balaban J connectivity index is 1.93. The van der Waals surface area contributed by atoms with Gasteiger partial charge in [0.15, 0.2) is 0 Å². The first-order chi connectivity index (χ1) is 8.75. The number of hydrogen-bond donors (Lipinski definition) is 0. The Labute approximate surface area is 110 Å². The van der Waals surface area contributed by atoms with E-state index in [2.05, 4.69) is 11.8 Å². The number of halogens is 1. The zero-order chi connectivity index (χ0) is 12.8. The lowest BCUT2D eigenvalue weighted by Gasteiger charge is -2.21. The van der Waals surface area contributed by atoms with E-state index in [-0.39, 0.29) is 6.61 Å². The van der Waals surface area contributed by atoms with Gasteiger partial charge in [0.25, 0.3) is 0 Å². The second-order valence-corrected chi connectivity index (χ2v) is 3.92. The minimum absolute atomic E-state index is 0.236. The molecule has 18 heavy (non-hydrogen) atoms. The summed E-state index contributed by atoms with van der Waals surface area (Å²) < 4.78 is 15.2. The van der Waals surface area contributed by atoms with Gasteiger partial charge >= 0.3 is 5.97 Å². The molecule has 94 valence electrons. The van der Waals surface area contributed by atoms with Crippen LogP contribution in [0, 0.1) is 11.8 Å². The molecule has 0 saturated carbocycles. The zero-order valence-corrected chi connectivity index (χ0v) is 10.3. The van der Waals surface area contributed by atoms with Crippen LogP contribution in [0.25, 0.3) is 0 Å². The Morgan fingerprint density at radius 2 is 2.22 bits per heavy atom. The van der Waals surface area contributed by atoms with Crippen LogP contribution >= 0.6 is 11.6 Å². The van der Waals surface area contributed by atoms with E-state index in [0.717, 1.165) is 0 Å². The molecular formula is C13H11ClO4. The van der Waals surface area contributed by atoms with Gasteiger partial charge in [-0.1, -0.05) is 29.7 Å². The van der Waals surface area contributed by atoms with Gasteiger partial charge in [-0.25, -0.2) is 4.79 Å². The summed E-state index contributed by atoms with van der Waals surface area (Å²) >= 11 is 5.90. The molecule has 1 heterocycles.